The standard InChI is InChI=1S/C18H18ClN3/c1-2-3-12-20-18-15-6-4-5-7-16(15)21-17(22-18)13-8-10-14(19)11-9-13/h4-11H,2-3,12H2,1H3,(H,20,21,22). The van der Waals surface area contributed by atoms with Gasteiger partial charge in [-0.1, -0.05) is 37.1 Å². The fourth-order valence-corrected chi connectivity index (χ4v) is 2.45. The number of halogens is 1. The van der Waals surface area contributed by atoms with Crippen molar-refractivity contribution in [2.24, 2.45) is 0 Å². The molecule has 1 heterocycles. The summed E-state index contributed by atoms with van der Waals surface area (Å²) in [5, 5.41) is 5.20. The van der Waals surface area contributed by atoms with Crippen LogP contribution in [0.4, 0.5) is 5.82 Å². The molecule has 0 amide bonds. The Morgan fingerprint density at radius 3 is 2.55 bits per heavy atom. The molecule has 1 N–H and O–H groups in total. The van der Waals surface area contributed by atoms with Gasteiger partial charge in [-0.25, -0.2) is 9.97 Å². The first-order valence-electron chi connectivity index (χ1n) is 7.54. The molecule has 112 valence electrons. The molecule has 3 rings (SSSR count). The predicted molar refractivity (Wildman–Crippen MR) is 93.4 cm³/mol. The molecule has 3 nitrogen and oxygen atoms in total. The minimum absolute atomic E-state index is 0.714. The molecule has 0 aliphatic carbocycles. The van der Waals surface area contributed by atoms with Gasteiger partial charge in [-0.3, -0.25) is 0 Å². The highest BCUT2D eigenvalue weighted by Gasteiger charge is 2.08. The van der Waals surface area contributed by atoms with Gasteiger partial charge in [-0.05, 0) is 42.8 Å². The molecule has 2 aromatic carbocycles. The minimum atomic E-state index is 0.714. The Hall–Kier alpha value is -2.13. The lowest BCUT2D eigenvalue weighted by molar-refractivity contribution is 0.832. The van der Waals surface area contributed by atoms with Crippen LogP contribution in [-0.4, -0.2) is 16.5 Å². The molecule has 3 aromatic rings. The fourth-order valence-electron chi connectivity index (χ4n) is 2.32. The molecule has 0 aliphatic heterocycles. The smallest absolute Gasteiger partial charge is 0.162 e. The van der Waals surface area contributed by atoms with E-state index in [1.165, 1.54) is 0 Å². The van der Waals surface area contributed by atoms with Crippen molar-refractivity contribution in [2.75, 3.05) is 11.9 Å². The van der Waals surface area contributed by atoms with E-state index in [2.05, 4.69) is 23.3 Å². The second kappa shape index (κ2) is 6.75. The van der Waals surface area contributed by atoms with Crippen LogP contribution in [0.5, 0.6) is 0 Å². The van der Waals surface area contributed by atoms with Crippen molar-refractivity contribution in [2.45, 2.75) is 19.8 Å². The lowest BCUT2D eigenvalue weighted by Crippen LogP contribution is -2.05. The number of para-hydroxylation sites is 1. The van der Waals surface area contributed by atoms with Gasteiger partial charge in [0.25, 0.3) is 0 Å². The maximum atomic E-state index is 5.96. The fraction of sp³-hybridized carbons (Fsp3) is 0.222. The van der Waals surface area contributed by atoms with Crippen molar-refractivity contribution in [3.05, 3.63) is 53.6 Å². The van der Waals surface area contributed by atoms with Gasteiger partial charge < -0.3 is 5.32 Å². The minimum Gasteiger partial charge on any atom is -0.369 e. The van der Waals surface area contributed by atoms with Gasteiger partial charge in [0.2, 0.25) is 0 Å². The average molecular weight is 312 g/mol. The molecule has 22 heavy (non-hydrogen) atoms. The summed E-state index contributed by atoms with van der Waals surface area (Å²) in [6, 6.07) is 15.7. The Bertz CT molecular complexity index is 769. The largest absolute Gasteiger partial charge is 0.369 e. The van der Waals surface area contributed by atoms with E-state index in [9.17, 15) is 0 Å². The molecule has 0 atom stereocenters. The third-order valence-electron chi connectivity index (χ3n) is 3.53. The number of fused-ring (bicyclic) bond motifs is 1. The maximum Gasteiger partial charge on any atom is 0.162 e. The summed E-state index contributed by atoms with van der Waals surface area (Å²) in [6.07, 6.45) is 2.27. The van der Waals surface area contributed by atoms with E-state index in [0.29, 0.717) is 5.02 Å². The van der Waals surface area contributed by atoms with Crippen molar-refractivity contribution in [3.63, 3.8) is 0 Å². The summed E-state index contributed by atoms with van der Waals surface area (Å²) in [5.74, 6) is 1.61. The van der Waals surface area contributed by atoms with Crippen molar-refractivity contribution in [1.82, 2.24) is 9.97 Å². The Morgan fingerprint density at radius 1 is 1.00 bits per heavy atom. The summed E-state index contributed by atoms with van der Waals surface area (Å²) in [6.45, 7) is 3.09. The Labute approximate surface area is 135 Å². The average Bonchev–Trinajstić information content (AvgIpc) is 2.55. The number of aromatic nitrogens is 2. The van der Waals surface area contributed by atoms with Crippen molar-refractivity contribution >= 4 is 28.3 Å². The third-order valence-corrected chi connectivity index (χ3v) is 3.78. The third kappa shape index (κ3) is 3.20. The molecular weight excluding hydrogens is 294 g/mol. The molecule has 0 spiro atoms. The van der Waals surface area contributed by atoms with E-state index in [1.54, 1.807) is 0 Å². The number of nitrogens with zero attached hydrogens (tertiary/aromatic N) is 2. The van der Waals surface area contributed by atoms with Crippen molar-refractivity contribution in [1.29, 1.82) is 0 Å². The first kappa shape index (κ1) is 14.8. The van der Waals surface area contributed by atoms with E-state index in [4.69, 9.17) is 16.6 Å². The summed E-state index contributed by atoms with van der Waals surface area (Å²) in [5.41, 5.74) is 1.91. The van der Waals surface area contributed by atoms with Crippen LogP contribution in [0, 0.1) is 0 Å². The number of hydrogen-bond acceptors (Lipinski definition) is 3. The number of anilines is 1. The highest BCUT2D eigenvalue weighted by molar-refractivity contribution is 6.30. The maximum absolute atomic E-state index is 5.96. The monoisotopic (exact) mass is 311 g/mol. The number of unbranched alkanes of at least 4 members (excludes halogenated alkanes) is 1. The second-order valence-corrected chi connectivity index (χ2v) is 5.64. The van der Waals surface area contributed by atoms with Crippen LogP contribution < -0.4 is 5.32 Å². The van der Waals surface area contributed by atoms with Gasteiger partial charge in [0.15, 0.2) is 5.82 Å². The molecular formula is C18H18ClN3. The van der Waals surface area contributed by atoms with Crippen LogP contribution in [0.3, 0.4) is 0 Å². The Kier molecular flexibility index (Phi) is 4.54. The quantitative estimate of drug-likeness (QED) is 0.661. The highest BCUT2D eigenvalue weighted by atomic mass is 35.5. The van der Waals surface area contributed by atoms with E-state index < -0.39 is 0 Å². The van der Waals surface area contributed by atoms with Gasteiger partial charge in [0.05, 0.1) is 5.52 Å². The summed E-state index contributed by atoms with van der Waals surface area (Å²) < 4.78 is 0. The lowest BCUT2D eigenvalue weighted by atomic mass is 10.2. The number of hydrogen-bond donors (Lipinski definition) is 1. The molecule has 0 bridgehead atoms. The molecule has 0 radical (unpaired) electrons. The molecule has 0 saturated heterocycles. The highest BCUT2D eigenvalue weighted by Crippen LogP contribution is 2.25. The number of nitrogens with one attached hydrogen (secondary N) is 1. The van der Waals surface area contributed by atoms with E-state index in [-0.39, 0.29) is 0 Å². The Morgan fingerprint density at radius 2 is 1.77 bits per heavy atom. The molecule has 0 saturated carbocycles. The molecule has 0 fully saturated rings. The van der Waals surface area contributed by atoms with Crippen LogP contribution in [0.15, 0.2) is 48.5 Å². The zero-order valence-electron chi connectivity index (χ0n) is 12.5. The van der Waals surface area contributed by atoms with Crippen LogP contribution in [0.25, 0.3) is 22.3 Å². The SMILES string of the molecule is CCCCNc1nc(-c2ccc(Cl)cc2)nc2ccccc12. The van der Waals surface area contributed by atoms with E-state index in [0.717, 1.165) is 47.5 Å². The summed E-state index contributed by atoms with van der Waals surface area (Å²) in [7, 11) is 0. The van der Waals surface area contributed by atoms with Crippen LogP contribution in [-0.2, 0) is 0 Å². The molecule has 1 aromatic heterocycles. The zero-order chi connectivity index (χ0) is 15.4. The lowest BCUT2D eigenvalue weighted by Gasteiger charge is -2.10. The van der Waals surface area contributed by atoms with E-state index >= 15 is 0 Å². The van der Waals surface area contributed by atoms with Gasteiger partial charge in [-0.15, -0.1) is 0 Å². The van der Waals surface area contributed by atoms with Gasteiger partial charge in [0.1, 0.15) is 5.82 Å². The predicted octanol–water partition coefficient (Wildman–Crippen LogP) is 5.16. The zero-order valence-corrected chi connectivity index (χ0v) is 13.3. The van der Waals surface area contributed by atoms with Crippen molar-refractivity contribution < 1.29 is 0 Å². The van der Waals surface area contributed by atoms with Crippen LogP contribution in [0.1, 0.15) is 19.8 Å². The first-order valence-corrected chi connectivity index (χ1v) is 7.92. The number of rotatable bonds is 5. The summed E-state index contributed by atoms with van der Waals surface area (Å²) >= 11 is 5.96. The Balaban J connectivity index is 2.05. The van der Waals surface area contributed by atoms with Gasteiger partial charge in [-0.2, -0.15) is 0 Å². The van der Waals surface area contributed by atoms with Crippen molar-refractivity contribution in [3.8, 4) is 11.4 Å². The summed E-state index contributed by atoms with van der Waals surface area (Å²) in [4.78, 5) is 9.38. The number of benzene rings is 2. The van der Waals surface area contributed by atoms with Crippen LogP contribution in [0.2, 0.25) is 5.02 Å². The van der Waals surface area contributed by atoms with Crippen LogP contribution >= 0.6 is 11.6 Å². The molecule has 0 unspecified atom stereocenters. The first-order chi connectivity index (χ1) is 10.8. The normalized spacial score (nSPS) is 10.8. The van der Waals surface area contributed by atoms with Gasteiger partial charge in [0, 0.05) is 22.5 Å². The molecule has 4 heteroatoms. The second-order valence-electron chi connectivity index (χ2n) is 5.20. The van der Waals surface area contributed by atoms with Gasteiger partial charge >= 0.3 is 0 Å². The van der Waals surface area contributed by atoms with E-state index in [1.807, 2.05) is 42.5 Å². The topological polar surface area (TPSA) is 37.8 Å². The molecule has 0 aliphatic rings.